The zero-order valence-corrected chi connectivity index (χ0v) is 16.7. The van der Waals surface area contributed by atoms with Crippen molar-refractivity contribution < 1.29 is 26.5 Å². The van der Waals surface area contributed by atoms with E-state index in [1.54, 1.807) is 4.90 Å². The fourth-order valence-electron chi connectivity index (χ4n) is 3.87. The molecule has 158 valence electrons. The second-order valence-electron chi connectivity index (χ2n) is 7.06. The zero-order chi connectivity index (χ0) is 21.8. The molecule has 0 N–H and O–H groups in total. The van der Waals surface area contributed by atoms with Gasteiger partial charge in [-0.1, -0.05) is 6.07 Å². The second kappa shape index (κ2) is 6.91. The Balaban J connectivity index is 1.78. The van der Waals surface area contributed by atoms with Crippen LogP contribution in [0.4, 0.5) is 30.2 Å². The minimum absolute atomic E-state index is 0.144. The number of non-ortho nitro benzene ring substituents is 1. The van der Waals surface area contributed by atoms with Crippen molar-refractivity contribution in [1.82, 2.24) is 0 Å². The summed E-state index contributed by atoms with van der Waals surface area (Å²) in [5, 5.41) is 11.0. The molecule has 2 atom stereocenters. The van der Waals surface area contributed by atoms with E-state index in [1.807, 2.05) is 0 Å². The Morgan fingerprint density at radius 3 is 2.10 bits per heavy atom. The molecule has 0 aliphatic carbocycles. The van der Waals surface area contributed by atoms with Crippen molar-refractivity contribution >= 4 is 44.2 Å². The number of nitro groups is 1. The van der Waals surface area contributed by atoms with Gasteiger partial charge in [0.25, 0.3) is 5.69 Å². The summed E-state index contributed by atoms with van der Waals surface area (Å²) in [6.45, 7) is 0. The quantitative estimate of drug-likeness (QED) is 0.397. The molecule has 2 aliphatic rings. The van der Waals surface area contributed by atoms with Gasteiger partial charge in [-0.05, 0) is 42.5 Å². The number of benzene rings is 2. The van der Waals surface area contributed by atoms with E-state index in [1.165, 1.54) is 41.3 Å². The van der Waals surface area contributed by atoms with Gasteiger partial charge >= 0.3 is 6.18 Å². The van der Waals surface area contributed by atoms with Crippen molar-refractivity contribution in [3.05, 3.63) is 64.2 Å². The topological polar surface area (TPSA) is 83.8 Å². The number of anilines is 2. The van der Waals surface area contributed by atoms with Crippen LogP contribution in [0.15, 0.2) is 48.5 Å². The first-order chi connectivity index (χ1) is 14.0. The Kier molecular flexibility index (Phi) is 4.73. The summed E-state index contributed by atoms with van der Waals surface area (Å²) in [6, 6.07) is 8.71. The molecule has 2 heterocycles. The fraction of sp³-hybridized carbons (Fsp3) is 0.278. The Bertz CT molecular complexity index is 1140. The zero-order valence-electron chi connectivity index (χ0n) is 15.1. The lowest BCUT2D eigenvalue weighted by Crippen LogP contribution is -2.37. The Labute approximate surface area is 174 Å². The van der Waals surface area contributed by atoms with Crippen LogP contribution in [0, 0.1) is 10.1 Å². The molecular formula is C18H14F3N3O4S2. The third-order valence-electron chi connectivity index (χ3n) is 5.16. The third-order valence-corrected chi connectivity index (χ3v) is 7.25. The summed E-state index contributed by atoms with van der Waals surface area (Å²) in [5.74, 6) is -0.470. The highest BCUT2D eigenvalue weighted by atomic mass is 32.2. The normalized spacial score (nSPS) is 23.0. The van der Waals surface area contributed by atoms with Crippen molar-refractivity contribution in [2.45, 2.75) is 18.3 Å². The molecule has 7 nitrogen and oxygen atoms in total. The number of alkyl halides is 3. The SMILES string of the molecule is O=[N+]([O-])c1ccc(N2C(=S)N(c3cccc(C(F)(F)F)c3)C3CS(=O)(=O)CC32)cc1. The number of nitrogens with zero attached hydrogens (tertiary/aromatic N) is 3. The molecule has 12 heteroatoms. The minimum atomic E-state index is -4.56. The summed E-state index contributed by atoms with van der Waals surface area (Å²) >= 11 is 5.52. The monoisotopic (exact) mass is 457 g/mol. The van der Waals surface area contributed by atoms with Crippen LogP contribution in [0.5, 0.6) is 0 Å². The average Bonchev–Trinajstić information content (AvgIpc) is 3.09. The molecule has 2 saturated heterocycles. The molecule has 2 aromatic carbocycles. The van der Waals surface area contributed by atoms with Crippen LogP contribution < -0.4 is 9.80 Å². The summed E-state index contributed by atoms with van der Waals surface area (Å²) in [6.07, 6.45) is -4.56. The van der Waals surface area contributed by atoms with Gasteiger partial charge in [0.05, 0.1) is 34.1 Å². The number of rotatable bonds is 3. The molecule has 30 heavy (non-hydrogen) atoms. The Morgan fingerprint density at radius 2 is 1.57 bits per heavy atom. The van der Waals surface area contributed by atoms with E-state index >= 15 is 0 Å². The summed E-state index contributed by atoms with van der Waals surface area (Å²) < 4.78 is 64.1. The average molecular weight is 457 g/mol. The molecule has 2 fully saturated rings. The van der Waals surface area contributed by atoms with E-state index in [0.717, 1.165) is 12.1 Å². The number of nitro benzene ring substituents is 1. The molecule has 4 rings (SSSR count). The lowest BCUT2D eigenvalue weighted by atomic mass is 10.1. The maximum absolute atomic E-state index is 13.2. The minimum Gasteiger partial charge on any atom is -0.312 e. The van der Waals surface area contributed by atoms with Gasteiger partial charge in [0.1, 0.15) is 0 Å². The van der Waals surface area contributed by atoms with Crippen LogP contribution in [0.3, 0.4) is 0 Å². The smallest absolute Gasteiger partial charge is 0.312 e. The van der Waals surface area contributed by atoms with E-state index in [4.69, 9.17) is 12.2 Å². The van der Waals surface area contributed by atoms with Crippen LogP contribution in [-0.4, -0.2) is 42.0 Å². The molecule has 0 saturated carbocycles. The standard InChI is InChI=1S/C18H14F3N3O4S2/c19-18(20,21)11-2-1-3-14(8-11)23-16-10-30(27,28)9-15(16)22(17(23)29)12-4-6-13(7-5-12)24(25)26/h1-8,15-16H,9-10H2. The predicted molar refractivity (Wildman–Crippen MR) is 108 cm³/mol. The molecule has 0 radical (unpaired) electrons. The number of hydrogen-bond donors (Lipinski definition) is 0. The molecule has 2 aromatic rings. The largest absolute Gasteiger partial charge is 0.416 e. The number of thiocarbonyl (C=S) groups is 1. The van der Waals surface area contributed by atoms with Crippen LogP contribution in [-0.2, 0) is 16.0 Å². The van der Waals surface area contributed by atoms with Crippen molar-refractivity contribution in [2.75, 3.05) is 21.3 Å². The van der Waals surface area contributed by atoms with Gasteiger partial charge in [-0.3, -0.25) is 10.1 Å². The van der Waals surface area contributed by atoms with Crippen LogP contribution >= 0.6 is 12.2 Å². The molecule has 0 bridgehead atoms. The van der Waals surface area contributed by atoms with E-state index in [0.29, 0.717) is 5.69 Å². The first-order valence-electron chi connectivity index (χ1n) is 8.72. The Hall–Kier alpha value is -2.73. The maximum atomic E-state index is 13.2. The van der Waals surface area contributed by atoms with Crippen LogP contribution in [0.2, 0.25) is 0 Å². The number of fused-ring (bicyclic) bond motifs is 1. The van der Waals surface area contributed by atoms with Gasteiger partial charge in [0, 0.05) is 23.5 Å². The number of halogens is 3. The molecule has 0 aromatic heterocycles. The van der Waals surface area contributed by atoms with Crippen molar-refractivity contribution in [1.29, 1.82) is 0 Å². The summed E-state index contributed by atoms with van der Waals surface area (Å²) in [7, 11) is -3.44. The highest BCUT2D eigenvalue weighted by molar-refractivity contribution is 7.91. The van der Waals surface area contributed by atoms with Gasteiger partial charge in [-0.15, -0.1) is 0 Å². The van der Waals surface area contributed by atoms with Gasteiger partial charge in [0.2, 0.25) is 0 Å². The second-order valence-corrected chi connectivity index (χ2v) is 9.57. The van der Waals surface area contributed by atoms with Crippen LogP contribution in [0.1, 0.15) is 5.56 Å². The highest BCUT2D eigenvalue weighted by Crippen LogP contribution is 2.40. The summed E-state index contributed by atoms with van der Waals surface area (Å²) in [4.78, 5) is 13.3. The molecule has 2 unspecified atom stereocenters. The third kappa shape index (κ3) is 3.49. The Morgan fingerprint density at radius 1 is 1.00 bits per heavy atom. The number of hydrogen-bond acceptors (Lipinski definition) is 5. The van der Waals surface area contributed by atoms with Crippen molar-refractivity contribution in [3.8, 4) is 0 Å². The fourth-order valence-corrected chi connectivity index (χ4v) is 6.28. The molecule has 0 amide bonds. The van der Waals surface area contributed by atoms with Gasteiger partial charge < -0.3 is 9.80 Å². The van der Waals surface area contributed by atoms with Gasteiger partial charge in [0.15, 0.2) is 14.9 Å². The number of sulfone groups is 1. The van der Waals surface area contributed by atoms with Crippen LogP contribution in [0.25, 0.3) is 0 Å². The lowest BCUT2D eigenvalue weighted by molar-refractivity contribution is -0.384. The van der Waals surface area contributed by atoms with Crippen molar-refractivity contribution in [2.24, 2.45) is 0 Å². The van der Waals surface area contributed by atoms with Gasteiger partial charge in [-0.25, -0.2) is 8.42 Å². The van der Waals surface area contributed by atoms with E-state index < -0.39 is 38.6 Å². The molecule has 2 aliphatic heterocycles. The highest BCUT2D eigenvalue weighted by Gasteiger charge is 2.52. The molecule has 0 spiro atoms. The van der Waals surface area contributed by atoms with Crippen molar-refractivity contribution in [3.63, 3.8) is 0 Å². The van der Waals surface area contributed by atoms with E-state index in [9.17, 15) is 31.7 Å². The van der Waals surface area contributed by atoms with E-state index in [-0.39, 0.29) is 28.0 Å². The lowest BCUT2D eigenvalue weighted by Gasteiger charge is -2.26. The summed E-state index contributed by atoms with van der Waals surface area (Å²) in [5.41, 5.74) is -0.429. The molecular weight excluding hydrogens is 443 g/mol. The maximum Gasteiger partial charge on any atom is 0.416 e. The first-order valence-corrected chi connectivity index (χ1v) is 11.0. The first kappa shape index (κ1) is 20.5. The predicted octanol–water partition coefficient (Wildman–Crippen LogP) is 3.39. The van der Waals surface area contributed by atoms with Gasteiger partial charge in [-0.2, -0.15) is 13.2 Å². The van der Waals surface area contributed by atoms with E-state index in [2.05, 4.69) is 0 Å².